The van der Waals surface area contributed by atoms with E-state index in [2.05, 4.69) is 50.5 Å². The zero-order chi connectivity index (χ0) is 38.2. The molecular weight excluding hydrogens is 726 g/mol. The van der Waals surface area contributed by atoms with E-state index < -0.39 is 12.0 Å². The van der Waals surface area contributed by atoms with Crippen molar-refractivity contribution in [2.75, 3.05) is 78.1 Å². The number of amides is 2. The van der Waals surface area contributed by atoms with Crippen LogP contribution in [-0.4, -0.2) is 112 Å². The summed E-state index contributed by atoms with van der Waals surface area (Å²) in [5.41, 5.74) is 4.11. The van der Waals surface area contributed by atoms with E-state index in [1.54, 1.807) is 24.9 Å². The molecule has 11 nitrogen and oxygen atoms in total. The van der Waals surface area contributed by atoms with Crippen molar-refractivity contribution in [3.05, 3.63) is 70.3 Å². The first kappa shape index (κ1) is 40.8. The van der Waals surface area contributed by atoms with Crippen molar-refractivity contribution >= 4 is 41.2 Å². The molecular formula is C41H58ClN5O6S. The Morgan fingerprint density at radius 3 is 2.72 bits per heavy atom. The Morgan fingerprint density at radius 2 is 2.06 bits per heavy atom. The van der Waals surface area contributed by atoms with Crippen molar-refractivity contribution in [2.45, 2.75) is 76.0 Å². The van der Waals surface area contributed by atoms with Gasteiger partial charge >= 0.3 is 0 Å². The van der Waals surface area contributed by atoms with E-state index in [9.17, 15) is 14.7 Å². The number of halogens is 1. The van der Waals surface area contributed by atoms with Gasteiger partial charge in [-0.15, -0.1) is 0 Å². The molecule has 0 aromatic heterocycles. The van der Waals surface area contributed by atoms with Crippen LogP contribution < -0.4 is 19.1 Å². The summed E-state index contributed by atoms with van der Waals surface area (Å²) in [4.78, 5) is 31.3. The second kappa shape index (κ2) is 18.9. The normalized spacial score (nSPS) is 23.0. The van der Waals surface area contributed by atoms with Crippen molar-refractivity contribution in [1.82, 2.24) is 19.2 Å². The first-order chi connectivity index (χ1) is 26.1. The van der Waals surface area contributed by atoms with Crippen molar-refractivity contribution in [2.24, 2.45) is 11.8 Å². The van der Waals surface area contributed by atoms with Crippen molar-refractivity contribution < 1.29 is 28.9 Å². The van der Waals surface area contributed by atoms with Gasteiger partial charge in [-0.05, 0) is 91.9 Å². The van der Waals surface area contributed by atoms with E-state index in [4.69, 9.17) is 25.8 Å². The highest BCUT2D eigenvalue weighted by atomic mass is 35.5. The quantitative estimate of drug-likeness (QED) is 0.132. The van der Waals surface area contributed by atoms with Gasteiger partial charge in [0.05, 0.1) is 43.8 Å². The lowest BCUT2D eigenvalue weighted by atomic mass is 9.70. The zero-order valence-corrected chi connectivity index (χ0v) is 33.8. The number of nitrogens with one attached hydrogen (secondary N) is 2. The molecule has 1 spiro atoms. The van der Waals surface area contributed by atoms with Gasteiger partial charge in [-0.2, -0.15) is 0 Å². The van der Waals surface area contributed by atoms with Gasteiger partial charge in [0.25, 0.3) is 5.91 Å². The molecule has 3 N–H and O–H groups in total. The van der Waals surface area contributed by atoms with Crippen LogP contribution in [-0.2, 0) is 25.5 Å². The Labute approximate surface area is 330 Å². The SMILES string of the molecule is CCCc1cc(Cl)ccc1C1COc2ccc(C(O)C(=O)NSNC)cc2N(CC2CCC2C(/C=C/CCN(C)C(C)=O)OCCN2CCC23COC3)C1. The largest absolute Gasteiger partial charge is 0.491 e. The zero-order valence-electron chi connectivity index (χ0n) is 32.2. The maximum absolute atomic E-state index is 12.8. The molecule has 3 aliphatic heterocycles. The fourth-order valence-corrected chi connectivity index (χ4v) is 8.73. The second-order valence-electron chi connectivity index (χ2n) is 15.4. The topological polar surface area (TPSA) is 116 Å². The molecule has 2 aromatic rings. The standard InChI is InChI=1S/C41H58ClN5O6S/c1-5-8-29-21-33(42)12-14-34(29)32-24-46(36-22-30(11-15-38(36)53-25-32)39(49)40(50)44-54-43-3)23-31-10-13-35(31)37(9-6-7-17-45(4)28(2)48)52-20-19-47-18-16-41(47)26-51-27-41/h6,9,11-12,14-15,21-22,31-32,35,37,39,43,49H,5,7-8,10,13,16-20,23-27H2,1-4H3,(H,44,50)/b9-6+. The van der Waals surface area contributed by atoms with Crippen LogP contribution in [0, 0.1) is 11.8 Å². The average molecular weight is 784 g/mol. The van der Waals surface area contributed by atoms with Crippen LogP contribution in [0.5, 0.6) is 5.75 Å². The fraction of sp³-hybridized carbons (Fsp3) is 0.610. The van der Waals surface area contributed by atoms with Gasteiger partial charge in [-0.1, -0.05) is 49.2 Å². The molecule has 0 bridgehead atoms. The molecule has 2 amide bonds. The number of fused-ring (bicyclic) bond motifs is 1. The molecule has 6 rings (SSSR count). The molecule has 2 saturated heterocycles. The third-order valence-corrected chi connectivity index (χ3v) is 12.6. The van der Waals surface area contributed by atoms with Crippen LogP contribution in [0.25, 0.3) is 0 Å². The van der Waals surface area contributed by atoms with Crippen LogP contribution >= 0.6 is 23.7 Å². The fourth-order valence-electron chi connectivity index (χ4n) is 8.22. The van der Waals surface area contributed by atoms with E-state index in [-0.39, 0.29) is 23.5 Å². The lowest BCUT2D eigenvalue weighted by Gasteiger charge is -2.57. The minimum absolute atomic E-state index is 0.0475. The number of carbonyl (C=O) groups is 2. The van der Waals surface area contributed by atoms with Gasteiger partial charge < -0.3 is 29.1 Å². The Morgan fingerprint density at radius 1 is 1.22 bits per heavy atom. The second-order valence-corrected chi connectivity index (χ2v) is 16.6. The number of aliphatic hydroxyl groups is 1. The highest BCUT2D eigenvalue weighted by molar-refractivity contribution is 7.96. The molecule has 0 radical (unpaired) electrons. The number of aryl methyl sites for hydroxylation is 1. The van der Waals surface area contributed by atoms with Crippen LogP contribution in [0.1, 0.15) is 74.7 Å². The number of likely N-dealkylation sites (tertiary alicyclic amines) is 1. The van der Waals surface area contributed by atoms with Crippen molar-refractivity contribution in [3.8, 4) is 5.75 Å². The molecule has 296 valence electrons. The number of ether oxygens (including phenoxy) is 3. The Balaban J connectivity index is 1.24. The number of benzene rings is 2. The summed E-state index contributed by atoms with van der Waals surface area (Å²) in [7, 11) is 3.54. The Bertz CT molecular complexity index is 1620. The molecule has 3 heterocycles. The number of anilines is 1. The van der Waals surface area contributed by atoms with Gasteiger partial charge in [0.15, 0.2) is 6.10 Å². The van der Waals surface area contributed by atoms with Gasteiger partial charge in [0, 0.05) is 69.8 Å². The number of rotatable bonds is 18. The maximum Gasteiger partial charge on any atom is 0.264 e. The number of carbonyl (C=O) groups excluding carboxylic acids is 2. The van der Waals surface area contributed by atoms with Crippen LogP contribution in [0.15, 0.2) is 48.6 Å². The Hall–Kier alpha value is -2.84. The van der Waals surface area contributed by atoms with E-state index in [0.717, 1.165) is 93.5 Å². The minimum Gasteiger partial charge on any atom is -0.491 e. The number of nitrogens with zero attached hydrogens (tertiary/aromatic N) is 3. The van der Waals surface area contributed by atoms with E-state index in [1.165, 1.54) is 17.5 Å². The summed E-state index contributed by atoms with van der Waals surface area (Å²) >= 11 is 7.51. The van der Waals surface area contributed by atoms with Gasteiger partial charge in [-0.25, -0.2) is 4.72 Å². The van der Waals surface area contributed by atoms with Gasteiger partial charge in [0.2, 0.25) is 5.91 Å². The first-order valence-corrected chi connectivity index (χ1v) is 20.7. The van der Waals surface area contributed by atoms with Crippen LogP contribution in [0.3, 0.4) is 0 Å². The molecule has 5 unspecified atom stereocenters. The predicted octanol–water partition coefficient (Wildman–Crippen LogP) is 5.52. The molecule has 4 aliphatic rings. The lowest BCUT2D eigenvalue weighted by molar-refractivity contribution is -0.197. The van der Waals surface area contributed by atoms with Crippen LogP contribution in [0.2, 0.25) is 5.02 Å². The third kappa shape index (κ3) is 9.57. The van der Waals surface area contributed by atoms with E-state index in [1.807, 2.05) is 25.2 Å². The highest BCUT2D eigenvalue weighted by Gasteiger charge is 2.50. The summed E-state index contributed by atoms with van der Waals surface area (Å²) in [5.74, 6) is 1.07. The Kier molecular flexibility index (Phi) is 14.3. The molecule has 54 heavy (non-hydrogen) atoms. The number of hydrogen-bond acceptors (Lipinski definition) is 10. The van der Waals surface area contributed by atoms with Crippen molar-refractivity contribution in [3.63, 3.8) is 0 Å². The van der Waals surface area contributed by atoms with Gasteiger partial charge in [-0.3, -0.25) is 19.2 Å². The average Bonchev–Trinajstić information content (AvgIpc) is 3.30. The summed E-state index contributed by atoms with van der Waals surface area (Å²) in [6.07, 6.45) is 9.07. The molecule has 1 aliphatic carbocycles. The molecule has 5 atom stereocenters. The smallest absolute Gasteiger partial charge is 0.264 e. The highest BCUT2D eigenvalue weighted by Crippen LogP contribution is 2.44. The minimum atomic E-state index is -1.33. The summed E-state index contributed by atoms with van der Waals surface area (Å²) in [6, 6.07) is 11.8. The van der Waals surface area contributed by atoms with Crippen LogP contribution in [0.4, 0.5) is 5.69 Å². The monoisotopic (exact) mass is 783 g/mol. The lowest BCUT2D eigenvalue weighted by Crippen LogP contribution is -2.71. The predicted molar refractivity (Wildman–Crippen MR) is 215 cm³/mol. The first-order valence-electron chi connectivity index (χ1n) is 19.6. The number of aliphatic hydroxyl groups excluding tert-OH is 1. The van der Waals surface area contributed by atoms with Gasteiger partial charge in [0.1, 0.15) is 5.75 Å². The maximum atomic E-state index is 12.8. The van der Waals surface area contributed by atoms with Crippen molar-refractivity contribution in [1.29, 1.82) is 0 Å². The summed E-state index contributed by atoms with van der Waals surface area (Å²) < 4.78 is 24.3. The summed E-state index contributed by atoms with van der Waals surface area (Å²) in [5, 5.41) is 11.8. The van der Waals surface area contributed by atoms with E-state index >= 15 is 0 Å². The third-order valence-electron chi connectivity index (χ3n) is 11.9. The van der Waals surface area contributed by atoms with E-state index in [0.29, 0.717) is 43.7 Å². The molecule has 1 saturated carbocycles. The molecule has 2 aromatic carbocycles. The molecule has 3 fully saturated rings. The molecule has 13 heteroatoms. The summed E-state index contributed by atoms with van der Waals surface area (Å²) in [6.45, 7) is 10.7. The number of hydrogen-bond donors (Lipinski definition) is 3.